The van der Waals surface area contributed by atoms with Crippen LogP contribution in [-0.2, 0) is 0 Å². The van der Waals surface area contributed by atoms with Gasteiger partial charge in [-0.3, -0.25) is 4.79 Å². The van der Waals surface area contributed by atoms with E-state index in [0.29, 0.717) is 0 Å². The van der Waals surface area contributed by atoms with Gasteiger partial charge in [0.2, 0.25) is 0 Å². The SMILES string of the molecule is C1=CCCC1.O=Cc1ccccc1. The van der Waals surface area contributed by atoms with E-state index >= 15 is 0 Å². The maximum absolute atomic E-state index is 10.0. The molecular formula is C12H14O. The van der Waals surface area contributed by atoms with Crippen molar-refractivity contribution in [2.75, 3.05) is 0 Å². The van der Waals surface area contributed by atoms with Crippen molar-refractivity contribution in [1.29, 1.82) is 0 Å². The topological polar surface area (TPSA) is 17.1 Å². The highest BCUT2D eigenvalue weighted by atomic mass is 16.1. The smallest absolute Gasteiger partial charge is 0.150 e. The molecule has 0 amide bonds. The number of carbonyl (C=O) groups is 1. The van der Waals surface area contributed by atoms with E-state index in [-0.39, 0.29) is 0 Å². The summed E-state index contributed by atoms with van der Waals surface area (Å²) in [5, 5.41) is 0. The van der Waals surface area contributed by atoms with E-state index in [0.717, 1.165) is 11.8 Å². The molecule has 1 aliphatic carbocycles. The second-order valence-electron chi connectivity index (χ2n) is 2.93. The van der Waals surface area contributed by atoms with Crippen LogP contribution >= 0.6 is 0 Å². The Labute approximate surface area is 79.1 Å². The number of allylic oxidation sites excluding steroid dienone is 2. The zero-order chi connectivity index (χ0) is 9.36. The van der Waals surface area contributed by atoms with Crippen LogP contribution in [0.1, 0.15) is 29.6 Å². The molecule has 0 heterocycles. The normalized spacial score (nSPS) is 13.2. The van der Waals surface area contributed by atoms with Crippen LogP contribution in [0.15, 0.2) is 42.5 Å². The fourth-order valence-electron chi connectivity index (χ4n) is 1.12. The van der Waals surface area contributed by atoms with E-state index in [9.17, 15) is 4.79 Å². The lowest BCUT2D eigenvalue weighted by Gasteiger charge is -1.81. The Balaban J connectivity index is 0.000000145. The highest BCUT2D eigenvalue weighted by molar-refractivity contribution is 5.74. The van der Waals surface area contributed by atoms with Gasteiger partial charge in [0.15, 0.2) is 0 Å². The molecule has 0 unspecified atom stereocenters. The summed E-state index contributed by atoms with van der Waals surface area (Å²) in [6.45, 7) is 0. The standard InChI is InChI=1S/C7H6O.C5H8/c8-6-7-4-2-1-3-5-7;1-2-4-5-3-1/h1-6H;1-2H,3-5H2. The first-order chi connectivity index (χ1) is 6.43. The van der Waals surface area contributed by atoms with Crippen molar-refractivity contribution in [3.05, 3.63) is 48.0 Å². The maximum Gasteiger partial charge on any atom is 0.150 e. The summed E-state index contributed by atoms with van der Waals surface area (Å²) in [6, 6.07) is 9.10. The van der Waals surface area contributed by atoms with Crippen LogP contribution in [-0.4, -0.2) is 6.29 Å². The largest absolute Gasteiger partial charge is 0.298 e. The summed E-state index contributed by atoms with van der Waals surface area (Å²) in [4.78, 5) is 10.0. The molecule has 1 aliphatic rings. The van der Waals surface area contributed by atoms with Crippen molar-refractivity contribution >= 4 is 6.29 Å². The third-order valence-corrected chi connectivity index (χ3v) is 1.84. The van der Waals surface area contributed by atoms with E-state index in [2.05, 4.69) is 12.2 Å². The van der Waals surface area contributed by atoms with Gasteiger partial charge < -0.3 is 0 Å². The van der Waals surface area contributed by atoms with Crippen LogP contribution in [0.25, 0.3) is 0 Å². The highest BCUT2D eigenvalue weighted by Crippen LogP contribution is 2.05. The van der Waals surface area contributed by atoms with E-state index in [1.165, 1.54) is 19.3 Å². The lowest BCUT2D eigenvalue weighted by atomic mass is 10.2. The number of hydrogen-bond donors (Lipinski definition) is 0. The lowest BCUT2D eigenvalue weighted by Crippen LogP contribution is -1.73. The van der Waals surface area contributed by atoms with Gasteiger partial charge in [-0.15, -0.1) is 0 Å². The number of hydrogen-bond acceptors (Lipinski definition) is 1. The van der Waals surface area contributed by atoms with E-state index < -0.39 is 0 Å². The quantitative estimate of drug-likeness (QED) is 0.472. The van der Waals surface area contributed by atoms with Crippen molar-refractivity contribution in [2.24, 2.45) is 0 Å². The van der Waals surface area contributed by atoms with Crippen molar-refractivity contribution < 1.29 is 4.79 Å². The Morgan fingerprint density at radius 1 is 1.00 bits per heavy atom. The average molecular weight is 174 g/mol. The molecule has 0 aromatic heterocycles. The minimum Gasteiger partial charge on any atom is -0.298 e. The number of benzene rings is 1. The second-order valence-corrected chi connectivity index (χ2v) is 2.93. The van der Waals surface area contributed by atoms with E-state index in [4.69, 9.17) is 0 Å². The predicted octanol–water partition coefficient (Wildman–Crippen LogP) is 3.23. The highest BCUT2D eigenvalue weighted by Gasteiger charge is 1.84. The molecule has 68 valence electrons. The molecule has 0 aliphatic heterocycles. The molecule has 0 saturated heterocycles. The van der Waals surface area contributed by atoms with Gasteiger partial charge in [0, 0.05) is 5.56 Å². The van der Waals surface area contributed by atoms with Crippen molar-refractivity contribution in [2.45, 2.75) is 19.3 Å². The van der Waals surface area contributed by atoms with Gasteiger partial charge >= 0.3 is 0 Å². The number of aldehydes is 1. The molecule has 1 aromatic carbocycles. The van der Waals surface area contributed by atoms with Gasteiger partial charge in [0.25, 0.3) is 0 Å². The Morgan fingerprint density at radius 2 is 1.62 bits per heavy atom. The van der Waals surface area contributed by atoms with Gasteiger partial charge in [-0.2, -0.15) is 0 Å². The Morgan fingerprint density at radius 3 is 1.92 bits per heavy atom. The van der Waals surface area contributed by atoms with Crippen LogP contribution in [0.4, 0.5) is 0 Å². The molecule has 1 nitrogen and oxygen atoms in total. The zero-order valence-corrected chi connectivity index (χ0v) is 7.65. The molecule has 0 bridgehead atoms. The second kappa shape index (κ2) is 6.18. The lowest BCUT2D eigenvalue weighted by molar-refractivity contribution is 0.112. The van der Waals surface area contributed by atoms with Crippen molar-refractivity contribution in [3.63, 3.8) is 0 Å². The van der Waals surface area contributed by atoms with Gasteiger partial charge in [0.1, 0.15) is 6.29 Å². The molecule has 13 heavy (non-hydrogen) atoms. The summed E-state index contributed by atoms with van der Waals surface area (Å²) in [7, 11) is 0. The predicted molar refractivity (Wildman–Crippen MR) is 54.8 cm³/mol. The Kier molecular flexibility index (Phi) is 4.62. The summed E-state index contributed by atoms with van der Waals surface area (Å²) in [5.74, 6) is 0. The third kappa shape index (κ3) is 4.26. The van der Waals surface area contributed by atoms with Gasteiger partial charge in [-0.1, -0.05) is 42.5 Å². The fraction of sp³-hybridized carbons (Fsp3) is 0.250. The number of rotatable bonds is 1. The van der Waals surface area contributed by atoms with Crippen LogP contribution in [0.5, 0.6) is 0 Å². The molecule has 0 saturated carbocycles. The summed E-state index contributed by atoms with van der Waals surface area (Å²) in [5.41, 5.74) is 0.729. The van der Waals surface area contributed by atoms with Crippen molar-refractivity contribution in [1.82, 2.24) is 0 Å². The first-order valence-corrected chi connectivity index (χ1v) is 4.58. The number of carbonyl (C=O) groups excluding carboxylic acids is 1. The van der Waals surface area contributed by atoms with E-state index in [1.807, 2.05) is 18.2 Å². The van der Waals surface area contributed by atoms with Crippen LogP contribution in [0.2, 0.25) is 0 Å². The monoisotopic (exact) mass is 174 g/mol. The third-order valence-electron chi connectivity index (χ3n) is 1.84. The fourth-order valence-corrected chi connectivity index (χ4v) is 1.12. The molecule has 1 heteroatoms. The zero-order valence-electron chi connectivity index (χ0n) is 7.65. The Hall–Kier alpha value is -1.37. The summed E-state index contributed by atoms with van der Waals surface area (Å²) < 4.78 is 0. The first kappa shape index (κ1) is 9.72. The van der Waals surface area contributed by atoms with Gasteiger partial charge in [-0.05, 0) is 19.3 Å². The maximum atomic E-state index is 10.0. The minimum absolute atomic E-state index is 0.729. The van der Waals surface area contributed by atoms with Crippen LogP contribution in [0.3, 0.4) is 0 Å². The molecule has 0 N–H and O–H groups in total. The average Bonchev–Trinajstić information content (AvgIpc) is 2.77. The summed E-state index contributed by atoms with van der Waals surface area (Å²) >= 11 is 0. The summed E-state index contributed by atoms with van der Waals surface area (Å²) in [6.07, 6.45) is 9.33. The van der Waals surface area contributed by atoms with E-state index in [1.54, 1.807) is 12.1 Å². The Bertz CT molecular complexity index is 256. The molecule has 1 aromatic rings. The molecule has 0 radical (unpaired) electrons. The van der Waals surface area contributed by atoms with Crippen molar-refractivity contribution in [3.8, 4) is 0 Å². The molecular weight excluding hydrogens is 160 g/mol. The molecule has 0 atom stereocenters. The first-order valence-electron chi connectivity index (χ1n) is 4.58. The minimum atomic E-state index is 0.729. The molecule has 0 spiro atoms. The van der Waals surface area contributed by atoms with Crippen LogP contribution in [0, 0.1) is 0 Å². The van der Waals surface area contributed by atoms with Gasteiger partial charge in [0.05, 0.1) is 0 Å². The molecule has 0 fully saturated rings. The van der Waals surface area contributed by atoms with Gasteiger partial charge in [-0.25, -0.2) is 0 Å². The molecule has 2 rings (SSSR count). The van der Waals surface area contributed by atoms with Crippen LogP contribution < -0.4 is 0 Å².